The van der Waals surface area contributed by atoms with Gasteiger partial charge in [0.2, 0.25) is 11.8 Å². The number of hydrogen-bond donors (Lipinski definition) is 1. The topological polar surface area (TPSA) is 58.6 Å². The Kier molecular flexibility index (Phi) is 7.96. The monoisotopic (exact) mass is 550 g/mol. The third-order valence-electron chi connectivity index (χ3n) is 7.99. The second-order valence-corrected chi connectivity index (χ2v) is 11.3. The first-order valence-corrected chi connectivity index (χ1v) is 13.9. The van der Waals surface area contributed by atoms with Gasteiger partial charge >= 0.3 is 0 Å². The van der Waals surface area contributed by atoms with Gasteiger partial charge in [-0.05, 0) is 91.1 Å². The maximum Gasteiger partial charge on any atom is 0.247 e. The number of rotatable bonds is 10. The van der Waals surface area contributed by atoms with Gasteiger partial charge in [-0.1, -0.05) is 59.6 Å². The van der Waals surface area contributed by atoms with Crippen LogP contribution in [0.4, 0.5) is 0 Å². The molecule has 0 aliphatic heterocycles. The van der Waals surface area contributed by atoms with E-state index in [9.17, 15) is 9.59 Å². The lowest BCUT2D eigenvalue weighted by Crippen LogP contribution is -2.58. The summed E-state index contributed by atoms with van der Waals surface area (Å²) in [6, 6.07) is 21.7. The van der Waals surface area contributed by atoms with E-state index in [2.05, 4.69) is 5.32 Å². The van der Waals surface area contributed by atoms with Gasteiger partial charge in [0.15, 0.2) is 0 Å². The predicted molar refractivity (Wildman–Crippen MR) is 150 cm³/mol. The lowest BCUT2D eigenvalue weighted by molar-refractivity contribution is -0.152. The molecular formula is C31H32Cl2N2O3. The van der Waals surface area contributed by atoms with E-state index < -0.39 is 6.04 Å². The largest absolute Gasteiger partial charge is 0.497 e. The number of ether oxygens (including phenoxy) is 1. The Morgan fingerprint density at radius 2 is 1.55 bits per heavy atom. The fourth-order valence-corrected chi connectivity index (χ4v) is 6.26. The van der Waals surface area contributed by atoms with Crippen LogP contribution in [-0.2, 0) is 22.6 Å². The SMILES string of the molecule is COc1ccc(CCC(=O)N(C(C(=O)NCc2ccc(Cl)cc2)c2ccc(Cl)cc2)C23CCC(C2)C3)cc1. The Morgan fingerprint density at radius 3 is 2.13 bits per heavy atom. The average molecular weight is 552 g/mol. The minimum atomic E-state index is -0.734. The van der Waals surface area contributed by atoms with Crippen LogP contribution in [0.1, 0.15) is 54.8 Å². The number of carbonyl (C=O) groups excluding carboxylic acids is 2. The van der Waals surface area contributed by atoms with Crippen LogP contribution >= 0.6 is 23.2 Å². The minimum absolute atomic E-state index is 0.00256. The zero-order chi connectivity index (χ0) is 26.7. The van der Waals surface area contributed by atoms with E-state index in [0.29, 0.717) is 35.3 Å². The molecule has 1 atom stereocenters. The summed E-state index contributed by atoms with van der Waals surface area (Å²) in [5.74, 6) is 1.23. The zero-order valence-corrected chi connectivity index (χ0v) is 23.0. The van der Waals surface area contributed by atoms with Gasteiger partial charge in [-0.25, -0.2) is 0 Å². The molecule has 0 radical (unpaired) electrons. The predicted octanol–water partition coefficient (Wildman–Crippen LogP) is 6.76. The molecule has 2 bridgehead atoms. The van der Waals surface area contributed by atoms with Crippen LogP contribution in [0.5, 0.6) is 5.75 Å². The van der Waals surface area contributed by atoms with Crippen LogP contribution in [0.15, 0.2) is 72.8 Å². The zero-order valence-electron chi connectivity index (χ0n) is 21.5. The van der Waals surface area contributed by atoms with E-state index in [4.69, 9.17) is 27.9 Å². The summed E-state index contributed by atoms with van der Waals surface area (Å²) in [7, 11) is 1.64. The molecule has 0 heterocycles. The smallest absolute Gasteiger partial charge is 0.247 e. The van der Waals surface area contributed by atoms with Gasteiger partial charge < -0.3 is 15.0 Å². The molecule has 0 spiro atoms. The number of carbonyl (C=O) groups is 2. The highest BCUT2D eigenvalue weighted by atomic mass is 35.5. The van der Waals surface area contributed by atoms with Gasteiger partial charge in [0.05, 0.1) is 7.11 Å². The van der Waals surface area contributed by atoms with Crippen molar-refractivity contribution in [2.24, 2.45) is 5.92 Å². The maximum absolute atomic E-state index is 14.0. The van der Waals surface area contributed by atoms with Crippen LogP contribution in [0, 0.1) is 5.92 Å². The van der Waals surface area contributed by atoms with Crippen molar-refractivity contribution in [3.8, 4) is 5.75 Å². The molecule has 0 saturated heterocycles. The first-order valence-electron chi connectivity index (χ1n) is 13.1. The Morgan fingerprint density at radius 1 is 0.947 bits per heavy atom. The normalized spacial score (nSPS) is 20.3. The molecule has 6 rings (SSSR count). The Labute approximate surface area is 234 Å². The van der Waals surface area contributed by atoms with E-state index in [1.165, 1.54) is 0 Å². The molecule has 3 aromatic rings. The van der Waals surface area contributed by atoms with E-state index in [1.807, 2.05) is 53.4 Å². The number of amides is 2. The highest BCUT2D eigenvalue weighted by Gasteiger charge is 2.57. The van der Waals surface area contributed by atoms with Crippen molar-refractivity contribution in [2.45, 2.75) is 56.7 Å². The molecule has 3 aromatic carbocycles. The Balaban J connectivity index is 1.42. The summed E-state index contributed by atoms with van der Waals surface area (Å²) in [5.41, 5.74) is 2.50. The second kappa shape index (κ2) is 11.4. The fraction of sp³-hybridized carbons (Fsp3) is 0.355. The van der Waals surface area contributed by atoms with Crippen molar-refractivity contribution in [3.05, 3.63) is 99.5 Å². The Hall–Kier alpha value is -3.02. The van der Waals surface area contributed by atoms with Gasteiger partial charge in [-0.3, -0.25) is 9.59 Å². The van der Waals surface area contributed by atoms with Crippen molar-refractivity contribution in [3.63, 3.8) is 0 Å². The highest BCUT2D eigenvalue weighted by molar-refractivity contribution is 6.30. The number of fused-ring (bicyclic) bond motifs is 1. The third-order valence-corrected chi connectivity index (χ3v) is 8.50. The van der Waals surface area contributed by atoms with E-state index in [0.717, 1.165) is 48.1 Å². The molecule has 5 nitrogen and oxygen atoms in total. The standard InChI is InChI=1S/C31H32Cl2N2O3/c1-38-27-13-4-21(5-14-27)6-15-28(36)35(31-17-16-23(18-31)19-31)29(24-7-11-26(33)12-8-24)30(37)34-20-22-2-9-25(32)10-3-22/h2-5,7-14,23,29H,6,15-20H2,1H3,(H,34,37). The van der Waals surface area contributed by atoms with Gasteiger partial charge in [0.1, 0.15) is 11.8 Å². The van der Waals surface area contributed by atoms with E-state index in [-0.39, 0.29) is 17.4 Å². The number of nitrogens with zero attached hydrogens (tertiary/aromatic N) is 1. The minimum Gasteiger partial charge on any atom is -0.497 e. The molecule has 1 N–H and O–H groups in total. The molecule has 198 valence electrons. The molecule has 7 heteroatoms. The van der Waals surface area contributed by atoms with Crippen molar-refractivity contribution >= 4 is 35.0 Å². The van der Waals surface area contributed by atoms with Crippen LogP contribution in [0.25, 0.3) is 0 Å². The summed E-state index contributed by atoms with van der Waals surface area (Å²) in [4.78, 5) is 29.8. The number of hydrogen-bond acceptors (Lipinski definition) is 3. The van der Waals surface area contributed by atoms with Gasteiger partial charge in [-0.2, -0.15) is 0 Å². The molecule has 38 heavy (non-hydrogen) atoms. The number of benzene rings is 3. The van der Waals surface area contributed by atoms with Crippen molar-refractivity contribution in [2.75, 3.05) is 7.11 Å². The molecular weight excluding hydrogens is 519 g/mol. The maximum atomic E-state index is 14.0. The Bertz CT molecular complexity index is 1260. The van der Waals surface area contributed by atoms with Crippen LogP contribution in [0.3, 0.4) is 0 Å². The number of aryl methyl sites for hydroxylation is 1. The third kappa shape index (κ3) is 5.69. The summed E-state index contributed by atoms with van der Waals surface area (Å²) in [6.45, 7) is 0.351. The van der Waals surface area contributed by atoms with Crippen LogP contribution < -0.4 is 10.1 Å². The first-order chi connectivity index (χ1) is 18.4. The molecule has 2 amide bonds. The summed E-state index contributed by atoms with van der Waals surface area (Å²) in [6.07, 6.45) is 4.86. The highest BCUT2D eigenvalue weighted by Crippen LogP contribution is 2.57. The van der Waals surface area contributed by atoms with Crippen molar-refractivity contribution in [1.82, 2.24) is 10.2 Å². The lowest BCUT2D eigenvalue weighted by Gasteiger charge is -2.51. The quantitative estimate of drug-likeness (QED) is 0.303. The summed E-state index contributed by atoms with van der Waals surface area (Å²) < 4.78 is 5.26. The van der Waals surface area contributed by atoms with Crippen LogP contribution in [-0.4, -0.2) is 29.4 Å². The summed E-state index contributed by atoms with van der Waals surface area (Å²) >= 11 is 12.2. The van der Waals surface area contributed by atoms with Crippen molar-refractivity contribution < 1.29 is 14.3 Å². The second-order valence-electron chi connectivity index (χ2n) is 10.4. The number of nitrogens with one attached hydrogen (secondary N) is 1. The number of methoxy groups -OCH3 is 1. The first kappa shape index (κ1) is 26.6. The van der Waals surface area contributed by atoms with Crippen LogP contribution in [0.2, 0.25) is 10.0 Å². The van der Waals surface area contributed by atoms with Gasteiger partial charge in [0, 0.05) is 28.5 Å². The van der Waals surface area contributed by atoms with E-state index >= 15 is 0 Å². The molecule has 1 unspecified atom stereocenters. The van der Waals surface area contributed by atoms with E-state index in [1.54, 1.807) is 31.4 Å². The summed E-state index contributed by atoms with van der Waals surface area (Å²) in [5, 5.41) is 4.33. The molecule has 3 aliphatic rings. The number of halogens is 2. The van der Waals surface area contributed by atoms with Gasteiger partial charge in [-0.15, -0.1) is 0 Å². The molecule has 0 aromatic heterocycles. The van der Waals surface area contributed by atoms with Gasteiger partial charge in [0.25, 0.3) is 0 Å². The lowest BCUT2D eigenvalue weighted by atomic mass is 9.74. The molecule has 3 saturated carbocycles. The molecule has 3 aliphatic carbocycles. The molecule has 3 fully saturated rings. The van der Waals surface area contributed by atoms with Crippen molar-refractivity contribution in [1.29, 1.82) is 0 Å². The fourth-order valence-electron chi connectivity index (χ4n) is 6.01. The average Bonchev–Trinajstić information content (AvgIpc) is 3.53.